The second-order valence-corrected chi connectivity index (χ2v) is 6.21. The van der Waals surface area contributed by atoms with Crippen LogP contribution in [0.15, 0.2) is 24.3 Å². The molecular weight excluding hydrogens is 288 g/mol. The monoisotopic (exact) mass is 312 g/mol. The lowest BCUT2D eigenvalue weighted by Crippen LogP contribution is -2.42. The predicted molar refractivity (Wildman–Crippen MR) is 86.1 cm³/mol. The van der Waals surface area contributed by atoms with Crippen LogP contribution in [0.3, 0.4) is 0 Å². The number of aliphatic hydroxyl groups is 1. The Labute approximate surface area is 132 Å². The summed E-state index contributed by atoms with van der Waals surface area (Å²) in [6.07, 6.45) is 2.09. The summed E-state index contributed by atoms with van der Waals surface area (Å²) < 4.78 is 5.52. The SMILES string of the molecule is CC(CNCC(O)COc1ccccc1Cl)N(C)C1CC1. The second-order valence-electron chi connectivity index (χ2n) is 5.80. The number of aliphatic hydroxyl groups excluding tert-OH is 1. The number of hydrogen-bond acceptors (Lipinski definition) is 4. The van der Waals surface area contributed by atoms with E-state index in [1.807, 2.05) is 12.1 Å². The molecule has 0 heterocycles. The van der Waals surface area contributed by atoms with E-state index in [0.717, 1.165) is 12.6 Å². The van der Waals surface area contributed by atoms with Crippen LogP contribution in [0.5, 0.6) is 5.75 Å². The van der Waals surface area contributed by atoms with Gasteiger partial charge in [0.1, 0.15) is 18.5 Å². The van der Waals surface area contributed by atoms with E-state index in [-0.39, 0.29) is 6.61 Å². The van der Waals surface area contributed by atoms with Crippen LogP contribution in [0.4, 0.5) is 0 Å². The molecule has 0 aromatic heterocycles. The van der Waals surface area contributed by atoms with Crippen LogP contribution in [-0.2, 0) is 0 Å². The summed E-state index contributed by atoms with van der Waals surface area (Å²) >= 11 is 6.00. The number of nitrogens with zero attached hydrogens (tertiary/aromatic N) is 1. The maximum absolute atomic E-state index is 9.93. The van der Waals surface area contributed by atoms with Crippen molar-refractivity contribution in [2.45, 2.75) is 38.0 Å². The molecule has 5 heteroatoms. The van der Waals surface area contributed by atoms with Crippen molar-refractivity contribution in [3.05, 3.63) is 29.3 Å². The topological polar surface area (TPSA) is 44.7 Å². The second kappa shape index (κ2) is 7.99. The largest absolute Gasteiger partial charge is 0.489 e. The zero-order valence-electron chi connectivity index (χ0n) is 12.8. The van der Waals surface area contributed by atoms with E-state index >= 15 is 0 Å². The first-order valence-electron chi connectivity index (χ1n) is 7.56. The van der Waals surface area contributed by atoms with Crippen molar-refractivity contribution in [2.75, 3.05) is 26.7 Å². The lowest BCUT2D eigenvalue weighted by molar-refractivity contribution is 0.104. The fourth-order valence-electron chi connectivity index (χ4n) is 2.25. The van der Waals surface area contributed by atoms with E-state index in [1.54, 1.807) is 12.1 Å². The van der Waals surface area contributed by atoms with Crippen LogP contribution in [0.25, 0.3) is 0 Å². The Morgan fingerprint density at radius 2 is 2.10 bits per heavy atom. The molecule has 0 amide bonds. The van der Waals surface area contributed by atoms with Gasteiger partial charge in [0.05, 0.1) is 5.02 Å². The van der Waals surface area contributed by atoms with E-state index in [4.69, 9.17) is 16.3 Å². The summed E-state index contributed by atoms with van der Waals surface area (Å²) in [4.78, 5) is 2.40. The van der Waals surface area contributed by atoms with Crippen LogP contribution in [0.2, 0.25) is 5.02 Å². The molecule has 1 aliphatic rings. The molecule has 1 fully saturated rings. The average molecular weight is 313 g/mol. The first-order chi connectivity index (χ1) is 10.1. The Morgan fingerprint density at radius 3 is 2.76 bits per heavy atom. The van der Waals surface area contributed by atoms with Gasteiger partial charge in [-0.05, 0) is 38.9 Å². The molecule has 0 aliphatic heterocycles. The molecular formula is C16H25ClN2O2. The summed E-state index contributed by atoms with van der Waals surface area (Å²) in [7, 11) is 2.17. The van der Waals surface area contributed by atoms with Crippen molar-refractivity contribution < 1.29 is 9.84 Å². The third kappa shape index (κ3) is 5.47. The molecule has 4 nitrogen and oxygen atoms in total. The Bertz CT molecular complexity index is 440. The number of benzene rings is 1. The number of halogens is 1. The van der Waals surface area contributed by atoms with E-state index in [2.05, 4.69) is 24.2 Å². The minimum Gasteiger partial charge on any atom is -0.489 e. The molecule has 0 saturated heterocycles. The molecule has 1 saturated carbocycles. The van der Waals surface area contributed by atoms with E-state index < -0.39 is 6.10 Å². The highest BCUT2D eigenvalue weighted by molar-refractivity contribution is 6.32. The molecule has 1 aliphatic carbocycles. The summed E-state index contributed by atoms with van der Waals surface area (Å²) in [6, 6.07) is 8.53. The molecule has 1 aromatic carbocycles. The molecule has 0 bridgehead atoms. The van der Waals surface area contributed by atoms with Crippen LogP contribution in [0.1, 0.15) is 19.8 Å². The molecule has 118 valence electrons. The molecule has 2 N–H and O–H groups in total. The number of rotatable bonds is 9. The average Bonchev–Trinajstić information content (AvgIpc) is 3.30. The number of nitrogens with one attached hydrogen (secondary N) is 1. The van der Waals surface area contributed by atoms with E-state index in [0.29, 0.717) is 23.4 Å². The third-order valence-corrected chi connectivity index (χ3v) is 4.22. The fraction of sp³-hybridized carbons (Fsp3) is 0.625. The van der Waals surface area contributed by atoms with Gasteiger partial charge in [-0.3, -0.25) is 4.90 Å². The van der Waals surface area contributed by atoms with Crippen LogP contribution in [0, 0.1) is 0 Å². The Morgan fingerprint density at radius 1 is 1.38 bits per heavy atom. The smallest absolute Gasteiger partial charge is 0.138 e. The summed E-state index contributed by atoms with van der Waals surface area (Å²) in [5, 5.41) is 13.8. The third-order valence-electron chi connectivity index (χ3n) is 3.91. The lowest BCUT2D eigenvalue weighted by Gasteiger charge is -2.25. The Hall–Kier alpha value is -0.810. The lowest BCUT2D eigenvalue weighted by atomic mass is 10.2. The van der Waals surface area contributed by atoms with Gasteiger partial charge in [-0.1, -0.05) is 23.7 Å². The van der Waals surface area contributed by atoms with Gasteiger partial charge in [0.25, 0.3) is 0 Å². The van der Waals surface area contributed by atoms with Crippen molar-refractivity contribution in [3.8, 4) is 5.75 Å². The highest BCUT2D eigenvalue weighted by Gasteiger charge is 2.28. The maximum Gasteiger partial charge on any atom is 0.138 e. The Balaban J connectivity index is 1.61. The van der Waals surface area contributed by atoms with Gasteiger partial charge in [0, 0.05) is 25.2 Å². The summed E-state index contributed by atoms with van der Waals surface area (Å²) in [5.74, 6) is 0.611. The van der Waals surface area contributed by atoms with Crippen LogP contribution >= 0.6 is 11.6 Å². The van der Waals surface area contributed by atoms with Crippen molar-refractivity contribution in [1.29, 1.82) is 0 Å². The number of hydrogen-bond donors (Lipinski definition) is 2. The van der Waals surface area contributed by atoms with Gasteiger partial charge in [0.15, 0.2) is 0 Å². The molecule has 1 aromatic rings. The zero-order chi connectivity index (χ0) is 15.2. The minimum atomic E-state index is -0.542. The molecule has 0 spiro atoms. The molecule has 2 unspecified atom stereocenters. The molecule has 0 radical (unpaired) electrons. The van der Waals surface area contributed by atoms with Crippen molar-refractivity contribution in [3.63, 3.8) is 0 Å². The highest BCUT2D eigenvalue weighted by Crippen LogP contribution is 2.26. The Kier molecular flexibility index (Phi) is 6.30. The van der Waals surface area contributed by atoms with Gasteiger partial charge in [0.2, 0.25) is 0 Å². The molecule has 2 atom stereocenters. The standard InChI is InChI=1S/C16H25ClN2O2/c1-12(19(2)13-7-8-13)9-18-10-14(20)11-21-16-6-4-3-5-15(16)17/h3-6,12-14,18,20H,7-11H2,1-2H3. The number of likely N-dealkylation sites (N-methyl/N-ethyl adjacent to an activating group) is 1. The maximum atomic E-state index is 9.93. The van der Waals surface area contributed by atoms with E-state index in [1.165, 1.54) is 12.8 Å². The van der Waals surface area contributed by atoms with Crippen LogP contribution in [-0.4, -0.2) is 54.9 Å². The van der Waals surface area contributed by atoms with Crippen molar-refractivity contribution in [1.82, 2.24) is 10.2 Å². The van der Waals surface area contributed by atoms with E-state index in [9.17, 15) is 5.11 Å². The quantitative estimate of drug-likeness (QED) is 0.733. The predicted octanol–water partition coefficient (Wildman–Crippen LogP) is 2.15. The van der Waals surface area contributed by atoms with Gasteiger partial charge in [-0.2, -0.15) is 0 Å². The van der Waals surface area contributed by atoms with Crippen LogP contribution < -0.4 is 10.1 Å². The first kappa shape index (κ1) is 16.6. The first-order valence-corrected chi connectivity index (χ1v) is 7.93. The van der Waals surface area contributed by atoms with Gasteiger partial charge in [-0.15, -0.1) is 0 Å². The number of para-hydroxylation sites is 1. The zero-order valence-corrected chi connectivity index (χ0v) is 13.5. The molecule has 2 rings (SSSR count). The van der Waals surface area contributed by atoms with Gasteiger partial charge in [-0.25, -0.2) is 0 Å². The molecule has 21 heavy (non-hydrogen) atoms. The minimum absolute atomic E-state index is 0.240. The van der Waals surface area contributed by atoms with Gasteiger partial charge < -0.3 is 15.2 Å². The van der Waals surface area contributed by atoms with Crippen molar-refractivity contribution in [2.24, 2.45) is 0 Å². The van der Waals surface area contributed by atoms with Crippen molar-refractivity contribution >= 4 is 11.6 Å². The highest BCUT2D eigenvalue weighted by atomic mass is 35.5. The normalized spacial score (nSPS) is 17.8. The number of ether oxygens (including phenoxy) is 1. The van der Waals surface area contributed by atoms with Gasteiger partial charge >= 0.3 is 0 Å². The summed E-state index contributed by atoms with van der Waals surface area (Å²) in [6.45, 7) is 3.84. The fourth-order valence-corrected chi connectivity index (χ4v) is 2.44. The summed E-state index contributed by atoms with van der Waals surface area (Å²) in [5.41, 5.74) is 0.